The molecule has 1 nitrogen and oxygen atoms in total. The molecule has 0 aliphatic heterocycles. The molecule has 1 N–H and O–H groups in total. The van der Waals surface area contributed by atoms with Gasteiger partial charge in [-0.1, -0.05) is 29.8 Å². The SMILES string of the molecule is Cc1cc(F)cc(-c2cc(C)ccc2CNC2CC2)c1. The summed E-state index contributed by atoms with van der Waals surface area (Å²) in [5.41, 5.74) is 5.52. The standard InChI is InChI=1S/C18H20FN/c1-12-3-4-14(11-20-17-5-6-17)18(9-12)15-7-13(2)8-16(19)10-15/h3-4,7-10,17,20H,5-6,11H2,1-2H3. The van der Waals surface area contributed by atoms with E-state index < -0.39 is 0 Å². The van der Waals surface area contributed by atoms with Crippen molar-refractivity contribution >= 4 is 0 Å². The summed E-state index contributed by atoms with van der Waals surface area (Å²) in [5, 5.41) is 3.54. The molecule has 2 aromatic rings. The van der Waals surface area contributed by atoms with Gasteiger partial charge in [-0.15, -0.1) is 0 Å². The summed E-state index contributed by atoms with van der Waals surface area (Å²) in [5.74, 6) is -0.164. The van der Waals surface area contributed by atoms with E-state index in [1.807, 2.05) is 6.92 Å². The highest BCUT2D eigenvalue weighted by Gasteiger charge is 2.20. The highest BCUT2D eigenvalue weighted by molar-refractivity contribution is 5.69. The molecule has 1 aliphatic rings. The molecular weight excluding hydrogens is 249 g/mol. The fourth-order valence-corrected chi connectivity index (χ4v) is 2.55. The minimum atomic E-state index is -0.164. The number of benzene rings is 2. The first-order chi connectivity index (χ1) is 9.61. The Kier molecular flexibility index (Phi) is 3.58. The maximum atomic E-state index is 13.7. The molecule has 0 bridgehead atoms. The van der Waals surface area contributed by atoms with E-state index in [0.29, 0.717) is 6.04 Å². The van der Waals surface area contributed by atoms with Crippen LogP contribution < -0.4 is 5.32 Å². The lowest BCUT2D eigenvalue weighted by Crippen LogP contribution is -2.15. The lowest BCUT2D eigenvalue weighted by molar-refractivity contribution is 0.627. The van der Waals surface area contributed by atoms with Crippen LogP contribution in [0.2, 0.25) is 0 Å². The third kappa shape index (κ3) is 3.07. The van der Waals surface area contributed by atoms with Crippen LogP contribution in [0.5, 0.6) is 0 Å². The van der Waals surface area contributed by atoms with Gasteiger partial charge < -0.3 is 5.32 Å². The fourth-order valence-electron chi connectivity index (χ4n) is 2.55. The molecule has 2 heteroatoms. The molecular formula is C18H20FN. The van der Waals surface area contributed by atoms with Crippen molar-refractivity contribution in [3.63, 3.8) is 0 Å². The van der Waals surface area contributed by atoms with Crippen molar-refractivity contribution in [3.8, 4) is 11.1 Å². The average Bonchev–Trinajstić information content (AvgIpc) is 3.20. The van der Waals surface area contributed by atoms with Crippen LogP contribution in [0, 0.1) is 19.7 Å². The van der Waals surface area contributed by atoms with E-state index in [-0.39, 0.29) is 5.82 Å². The van der Waals surface area contributed by atoms with Gasteiger partial charge in [0.1, 0.15) is 5.82 Å². The minimum absolute atomic E-state index is 0.164. The molecule has 20 heavy (non-hydrogen) atoms. The van der Waals surface area contributed by atoms with E-state index in [4.69, 9.17) is 0 Å². The molecule has 0 saturated heterocycles. The van der Waals surface area contributed by atoms with Gasteiger partial charge in [-0.25, -0.2) is 4.39 Å². The first-order valence-corrected chi connectivity index (χ1v) is 7.22. The summed E-state index contributed by atoms with van der Waals surface area (Å²) in [6.07, 6.45) is 2.56. The zero-order valence-corrected chi connectivity index (χ0v) is 12.0. The molecule has 2 aromatic carbocycles. The third-order valence-corrected chi connectivity index (χ3v) is 3.78. The molecule has 1 aliphatic carbocycles. The van der Waals surface area contributed by atoms with Crippen molar-refractivity contribution in [3.05, 3.63) is 58.9 Å². The van der Waals surface area contributed by atoms with Crippen LogP contribution >= 0.6 is 0 Å². The molecule has 0 amide bonds. The number of halogens is 1. The minimum Gasteiger partial charge on any atom is -0.310 e. The second kappa shape index (κ2) is 5.37. The number of hydrogen-bond donors (Lipinski definition) is 1. The Morgan fingerprint density at radius 3 is 2.55 bits per heavy atom. The maximum Gasteiger partial charge on any atom is 0.124 e. The maximum absolute atomic E-state index is 13.7. The Balaban J connectivity index is 1.98. The molecule has 0 heterocycles. The van der Waals surface area contributed by atoms with Crippen LogP contribution in [-0.2, 0) is 6.54 Å². The van der Waals surface area contributed by atoms with Gasteiger partial charge in [0.15, 0.2) is 0 Å². The Bertz CT molecular complexity index is 609. The predicted molar refractivity (Wildman–Crippen MR) is 81.2 cm³/mol. The molecule has 0 unspecified atom stereocenters. The molecule has 104 valence electrons. The average molecular weight is 269 g/mol. The van der Waals surface area contributed by atoms with Gasteiger partial charge in [0.25, 0.3) is 0 Å². The zero-order valence-electron chi connectivity index (χ0n) is 12.0. The summed E-state index contributed by atoms with van der Waals surface area (Å²) in [7, 11) is 0. The molecule has 1 saturated carbocycles. The van der Waals surface area contributed by atoms with Gasteiger partial charge in [0, 0.05) is 12.6 Å². The van der Waals surface area contributed by atoms with Crippen LogP contribution in [0.15, 0.2) is 36.4 Å². The first kappa shape index (κ1) is 13.3. The summed E-state index contributed by atoms with van der Waals surface area (Å²) in [6, 6.07) is 12.4. The molecule has 0 atom stereocenters. The van der Waals surface area contributed by atoms with E-state index in [0.717, 1.165) is 23.2 Å². The fraction of sp³-hybridized carbons (Fsp3) is 0.333. The van der Waals surface area contributed by atoms with E-state index in [1.165, 1.54) is 24.0 Å². The zero-order chi connectivity index (χ0) is 14.1. The van der Waals surface area contributed by atoms with Gasteiger partial charge in [-0.3, -0.25) is 0 Å². The number of nitrogens with one attached hydrogen (secondary N) is 1. The molecule has 1 fully saturated rings. The van der Waals surface area contributed by atoms with E-state index in [9.17, 15) is 4.39 Å². The highest BCUT2D eigenvalue weighted by Crippen LogP contribution is 2.28. The molecule has 0 radical (unpaired) electrons. The molecule has 0 aromatic heterocycles. The van der Waals surface area contributed by atoms with Crippen molar-refractivity contribution in [2.24, 2.45) is 0 Å². The van der Waals surface area contributed by atoms with Gasteiger partial charge >= 0.3 is 0 Å². The number of aryl methyl sites for hydroxylation is 2. The van der Waals surface area contributed by atoms with Gasteiger partial charge in [-0.2, -0.15) is 0 Å². The van der Waals surface area contributed by atoms with Crippen molar-refractivity contribution in [1.82, 2.24) is 5.32 Å². The van der Waals surface area contributed by atoms with E-state index in [2.05, 4.69) is 36.5 Å². The smallest absolute Gasteiger partial charge is 0.124 e. The van der Waals surface area contributed by atoms with Crippen LogP contribution in [0.3, 0.4) is 0 Å². The molecule has 0 spiro atoms. The van der Waals surface area contributed by atoms with Crippen molar-refractivity contribution < 1.29 is 4.39 Å². The van der Waals surface area contributed by atoms with Crippen molar-refractivity contribution in [2.45, 2.75) is 39.3 Å². The van der Waals surface area contributed by atoms with Crippen LogP contribution in [0.25, 0.3) is 11.1 Å². The second-order valence-corrected chi connectivity index (χ2v) is 5.83. The first-order valence-electron chi connectivity index (χ1n) is 7.22. The summed E-state index contributed by atoms with van der Waals surface area (Å²) in [4.78, 5) is 0. The van der Waals surface area contributed by atoms with Gasteiger partial charge in [0.05, 0.1) is 0 Å². The number of hydrogen-bond acceptors (Lipinski definition) is 1. The van der Waals surface area contributed by atoms with Gasteiger partial charge in [-0.05, 0) is 61.1 Å². The molecule has 3 rings (SSSR count). The van der Waals surface area contributed by atoms with Gasteiger partial charge in [0.2, 0.25) is 0 Å². The monoisotopic (exact) mass is 269 g/mol. The topological polar surface area (TPSA) is 12.0 Å². The lowest BCUT2D eigenvalue weighted by atomic mass is 9.96. The normalized spacial score (nSPS) is 14.6. The predicted octanol–water partition coefficient (Wildman–Crippen LogP) is 4.36. The third-order valence-electron chi connectivity index (χ3n) is 3.78. The lowest BCUT2D eigenvalue weighted by Gasteiger charge is -2.13. The summed E-state index contributed by atoms with van der Waals surface area (Å²) in [6.45, 7) is 4.87. The van der Waals surface area contributed by atoms with E-state index >= 15 is 0 Å². The second-order valence-electron chi connectivity index (χ2n) is 5.83. The van der Waals surface area contributed by atoms with Crippen molar-refractivity contribution in [2.75, 3.05) is 0 Å². The number of rotatable bonds is 4. The Hall–Kier alpha value is -1.67. The van der Waals surface area contributed by atoms with Crippen molar-refractivity contribution in [1.29, 1.82) is 0 Å². The van der Waals surface area contributed by atoms with Crippen LogP contribution in [-0.4, -0.2) is 6.04 Å². The van der Waals surface area contributed by atoms with Crippen LogP contribution in [0.1, 0.15) is 29.5 Å². The van der Waals surface area contributed by atoms with E-state index in [1.54, 1.807) is 12.1 Å². The quantitative estimate of drug-likeness (QED) is 0.869. The summed E-state index contributed by atoms with van der Waals surface area (Å²) < 4.78 is 13.7. The largest absolute Gasteiger partial charge is 0.310 e. The Labute approximate surface area is 119 Å². The Morgan fingerprint density at radius 2 is 1.85 bits per heavy atom. The summed E-state index contributed by atoms with van der Waals surface area (Å²) >= 11 is 0. The Morgan fingerprint density at radius 1 is 1.05 bits per heavy atom. The highest BCUT2D eigenvalue weighted by atomic mass is 19.1. The van der Waals surface area contributed by atoms with Crippen LogP contribution in [0.4, 0.5) is 4.39 Å².